The van der Waals surface area contributed by atoms with Gasteiger partial charge in [-0.05, 0) is 37.1 Å². The minimum atomic E-state index is -0.222. The van der Waals surface area contributed by atoms with Crippen LogP contribution in [0.5, 0.6) is 5.75 Å². The third kappa shape index (κ3) is 5.79. The van der Waals surface area contributed by atoms with E-state index in [1.807, 2.05) is 43.5 Å². The molecular formula is C18H22N2O3S. The number of rotatable bonds is 8. The minimum absolute atomic E-state index is 0.0600. The monoisotopic (exact) mass is 346 g/mol. The Balaban J connectivity index is 1.92. The van der Waals surface area contributed by atoms with E-state index in [0.29, 0.717) is 13.0 Å². The fourth-order valence-corrected chi connectivity index (χ4v) is 2.64. The van der Waals surface area contributed by atoms with Crippen LogP contribution in [-0.2, 0) is 11.4 Å². The van der Waals surface area contributed by atoms with E-state index in [2.05, 4.69) is 10.3 Å². The van der Waals surface area contributed by atoms with Crippen LogP contribution in [0.15, 0.2) is 35.7 Å². The summed E-state index contributed by atoms with van der Waals surface area (Å²) in [4.78, 5) is 16.2. The van der Waals surface area contributed by atoms with Gasteiger partial charge in [0.15, 0.2) is 0 Å². The molecule has 2 aromatic rings. The molecule has 2 N–H and O–H groups in total. The average Bonchev–Trinajstić information content (AvgIpc) is 3.02. The molecule has 1 aromatic carbocycles. The topological polar surface area (TPSA) is 71.5 Å². The quantitative estimate of drug-likeness (QED) is 0.721. The third-order valence-electron chi connectivity index (χ3n) is 3.40. The lowest BCUT2D eigenvalue weighted by Gasteiger charge is -2.11. The van der Waals surface area contributed by atoms with E-state index in [0.717, 1.165) is 22.0 Å². The second-order valence-corrected chi connectivity index (χ2v) is 6.41. The molecule has 0 saturated heterocycles. The van der Waals surface area contributed by atoms with Gasteiger partial charge in [-0.25, -0.2) is 4.98 Å². The van der Waals surface area contributed by atoms with Crippen molar-refractivity contribution in [1.29, 1.82) is 0 Å². The molecule has 0 aliphatic carbocycles. The highest BCUT2D eigenvalue weighted by Gasteiger charge is 2.06. The first kappa shape index (κ1) is 18.2. The number of hydrogen-bond acceptors (Lipinski definition) is 5. The Morgan fingerprint density at radius 1 is 1.50 bits per heavy atom. The number of aromatic nitrogens is 1. The first-order valence-electron chi connectivity index (χ1n) is 7.84. The first-order chi connectivity index (χ1) is 11.6. The third-order valence-corrected chi connectivity index (χ3v) is 4.22. The highest BCUT2D eigenvalue weighted by molar-refractivity contribution is 7.09. The van der Waals surface area contributed by atoms with Crippen LogP contribution < -0.4 is 10.1 Å². The summed E-state index contributed by atoms with van der Waals surface area (Å²) in [5, 5.41) is 14.8. The van der Waals surface area contributed by atoms with Crippen LogP contribution in [0.4, 0.5) is 0 Å². The van der Waals surface area contributed by atoms with E-state index in [-0.39, 0.29) is 18.6 Å². The summed E-state index contributed by atoms with van der Waals surface area (Å²) in [6.07, 6.45) is 3.87. The lowest BCUT2D eigenvalue weighted by Crippen LogP contribution is -2.35. The maximum atomic E-state index is 11.8. The van der Waals surface area contributed by atoms with Crippen LogP contribution in [0.25, 0.3) is 6.08 Å². The van der Waals surface area contributed by atoms with Crippen LogP contribution in [0.1, 0.15) is 29.6 Å². The molecule has 0 saturated carbocycles. The molecule has 1 heterocycles. The predicted molar refractivity (Wildman–Crippen MR) is 96.0 cm³/mol. The lowest BCUT2D eigenvalue weighted by molar-refractivity contribution is -0.117. The van der Waals surface area contributed by atoms with Crippen molar-refractivity contribution in [2.75, 3.05) is 6.61 Å². The van der Waals surface area contributed by atoms with E-state index < -0.39 is 0 Å². The molecule has 0 fully saturated rings. The van der Waals surface area contributed by atoms with Gasteiger partial charge in [-0.1, -0.05) is 19.1 Å². The van der Waals surface area contributed by atoms with Crippen LogP contribution in [0.3, 0.4) is 0 Å². The largest absolute Gasteiger partial charge is 0.487 e. The fraction of sp³-hybridized carbons (Fsp3) is 0.333. The number of carbonyl (C=O) groups excluding carboxylic acids is 1. The van der Waals surface area contributed by atoms with Gasteiger partial charge in [-0.3, -0.25) is 4.79 Å². The number of nitrogens with one attached hydrogen (secondary N) is 1. The molecule has 0 aliphatic rings. The van der Waals surface area contributed by atoms with Gasteiger partial charge < -0.3 is 15.2 Å². The van der Waals surface area contributed by atoms with Gasteiger partial charge in [0.1, 0.15) is 12.4 Å². The lowest BCUT2D eigenvalue weighted by atomic mass is 10.2. The summed E-state index contributed by atoms with van der Waals surface area (Å²) in [6, 6.07) is 7.30. The van der Waals surface area contributed by atoms with E-state index in [9.17, 15) is 4.79 Å². The van der Waals surface area contributed by atoms with Crippen molar-refractivity contribution in [2.45, 2.75) is 32.9 Å². The molecule has 0 aliphatic heterocycles. The van der Waals surface area contributed by atoms with Gasteiger partial charge >= 0.3 is 0 Å². The fourth-order valence-electron chi connectivity index (χ4n) is 2.04. The summed E-state index contributed by atoms with van der Waals surface area (Å²) in [5.41, 5.74) is 1.78. The van der Waals surface area contributed by atoms with Gasteiger partial charge in [0.05, 0.1) is 23.4 Å². The standard InChI is InChI=1S/C18H22N2O3S/c1-3-15(10-21)20-18(22)8-7-14-5-4-6-17(9-14)23-11-16-12-24-13(2)19-16/h4-9,12,15,21H,3,10-11H2,1-2H3,(H,20,22)/b8-7+. The molecule has 1 aromatic heterocycles. The molecule has 24 heavy (non-hydrogen) atoms. The first-order valence-corrected chi connectivity index (χ1v) is 8.72. The Labute approximate surface area is 146 Å². The van der Waals surface area contributed by atoms with Crippen molar-refractivity contribution < 1.29 is 14.6 Å². The normalized spacial score (nSPS) is 12.3. The second-order valence-electron chi connectivity index (χ2n) is 5.35. The number of thiazole rings is 1. The zero-order valence-corrected chi connectivity index (χ0v) is 14.7. The molecule has 1 atom stereocenters. The Morgan fingerprint density at radius 3 is 3.00 bits per heavy atom. The maximum absolute atomic E-state index is 11.8. The van der Waals surface area contributed by atoms with Crippen molar-refractivity contribution in [3.8, 4) is 5.75 Å². The average molecular weight is 346 g/mol. The van der Waals surface area contributed by atoms with E-state index in [1.165, 1.54) is 6.08 Å². The number of ether oxygens (including phenoxy) is 1. The predicted octanol–water partition coefficient (Wildman–Crippen LogP) is 2.93. The van der Waals surface area contributed by atoms with Crippen LogP contribution >= 0.6 is 11.3 Å². The molecule has 1 unspecified atom stereocenters. The minimum Gasteiger partial charge on any atom is -0.487 e. The summed E-state index contributed by atoms with van der Waals surface area (Å²) < 4.78 is 5.73. The molecule has 2 rings (SSSR count). The Hall–Kier alpha value is -2.18. The number of aryl methyl sites for hydroxylation is 1. The van der Waals surface area contributed by atoms with Crippen molar-refractivity contribution in [3.05, 3.63) is 52.0 Å². The Kier molecular flexibility index (Phi) is 6.96. The van der Waals surface area contributed by atoms with Gasteiger partial charge in [-0.2, -0.15) is 0 Å². The maximum Gasteiger partial charge on any atom is 0.244 e. The van der Waals surface area contributed by atoms with E-state index in [4.69, 9.17) is 9.84 Å². The highest BCUT2D eigenvalue weighted by atomic mass is 32.1. The SMILES string of the molecule is CCC(CO)NC(=O)/C=C/c1cccc(OCc2csc(C)n2)c1. The number of benzene rings is 1. The van der Waals surface area contributed by atoms with Crippen molar-refractivity contribution in [2.24, 2.45) is 0 Å². The van der Waals surface area contributed by atoms with Crippen molar-refractivity contribution >= 4 is 23.3 Å². The molecule has 5 nitrogen and oxygen atoms in total. The summed E-state index contributed by atoms with van der Waals surface area (Å²) in [6.45, 7) is 4.24. The Bertz CT molecular complexity index is 693. The molecule has 0 bridgehead atoms. The zero-order chi connectivity index (χ0) is 17.4. The second kappa shape index (κ2) is 9.20. The van der Waals surface area contributed by atoms with Crippen molar-refractivity contribution in [3.63, 3.8) is 0 Å². The zero-order valence-electron chi connectivity index (χ0n) is 13.9. The number of aliphatic hydroxyl groups is 1. The number of hydrogen-bond donors (Lipinski definition) is 2. The molecule has 128 valence electrons. The number of nitrogens with zero attached hydrogens (tertiary/aromatic N) is 1. The van der Waals surface area contributed by atoms with Gasteiger partial charge in [-0.15, -0.1) is 11.3 Å². The van der Waals surface area contributed by atoms with Crippen molar-refractivity contribution in [1.82, 2.24) is 10.3 Å². The number of amides is 1. The van der Waals surface area contributed by atoms with E-state index in [1.54, 1.807) is 17.4 Å². The van der Waals surface area contributed by atoms with Crippen LogP contribution in [-0.4, -0.2) is 28.6 Å². The van der Waals surface area contributed by atoms with Gasteiger partial charge in [0.2, 0.25) is 5.91 Å². The Morgan fingerprint density at radius 2 is 2.33 bits per heavy atom. The summed E-state index contributed by atoms with van der Waals surface area (Å²) in [7, 11) is 0. The number of aliphatic hydroxyl groups excluding tert-OH is 1. The smallest absolute Gasteiger partial charge is 0.244 e. The van der Waals surface area contributed by atoms with Gasteiger partial charge in [0.25, 0.3) is 0 Å². The van der Waals surface area contributed by atoms with E-state index >= 15 is 0 Å². The summed E-state index contributed by atoms with van der Waals surface area (Å²) in [5.74, 6) is 0.505. The molecule has 0 radical (unpaired) electrons. The van der Waals surface area contributed by atoms with Crippen LogP contribution in [0, 0.1) is 6.92 Å². The van der Waals surface area contributed by atoms with Crippen LogP contribution in [0.2, 0.25) is 0 Å². The highest BCUT2D eigenvalue weighted by Crippen LogP contribution is 2.17. The molecule has 0 spiro atoms. The molecular weight excluding hydrogens is 324 g/mol. The molecule has 6 heteroatoms. The number of carbonyl (C=O) groups is 1. The van der Waals surface area contributed by atoms with Gasteiger partial charge in [0, 0.05) is 11.5 Å². The summed E-state index contributed by atoms with van der Waals surface area (Å²) >= 11 is 1.60. The molecule has 1 amide bonds.